The summed E-state index contributed by atoms with van der Waals surface area (Å²) in [5, 5.41) is 13.3. The van der Waals surface area contributed by atoms with Gasteiger partial charge in [-0.1, -0.05) is 0 Å². The van der Waals surface area contributed by atoms with Crippen molar-refractivity contribution < 1.29 is 14.6 Å². The predicted molar refractivity (Wildman–Crippen MR) is 64.6 cm³/mol. The zero-order chi connectivity index (χ0) is 12.3. The standard InChI is InChI=1S/C11H16N2O3S/c1-16-6-8-9(11(14)15)17-10(13-8)7-3-2-4-12-5-7/h7,12H,2-6H2,1H3,(H,14,15). The maximum atomic E-state index is 11.1. The second kappa shape index (κ2) is 5.57. The van der Waals surface area contributed by atoms with Crippen molar-refractivity contribution in [3.05, 3.63) is 15.6 Å². The Morgan fingerprint density at radius 3 is 3.12 bits per heavy atom. The molecule has 0 aromatic carbocycles. The molecule has 6 heteroatoms. The van der Waals surface area contributed by atoms with Gasteiger partial charge >= 0.3 is 5.97 Å². The van der Waals surface area contributed by atoms with Crippen LogP contribution in [0.15, 0.2) is 0 Å². The number of hydrogen-bond donors (Lipinski definition) is 2. The summed E-state index contributed by atoms with van der Waals surface area (Å²) in [5.74, 6) is -0.568. The molecule has 0 bridgehead atoms. The van der Waals surface area contributed by atoms with E-state index in [1.807, 2.05) is 0 Å². The first-order valence-electron chi connectivity index (χ1n) is 5.65. The molecule has 1 fully saturated rings. The SMILES string of the molecule is COCc1nc(C2CCCNC2)sc1C(=O)O. The van der Waals surface area contributed by atoms with Crippen molar-refractivity contribution in [1.82, 2.24) is 10.3 Å². The van der Waals surface area contributed by atoms with Gasteiger partial charge in [0.15, 0.2) is 0 Å². The minimum absolute atomic E-state index is 0.262. The highest BCUT2D eigenvalue weighted by Crippen LogP contribution is 2.29. The maximum Gasteiger partial charge on any atom is 0.347 e. The van der Waals surface area contributed by atoms with Gasteiger partial charge in [0, 0.05) is 19.6 Å². The smallest absolute Gasteiger partial charge is 0.347 e. The van der Waals surface area contributed by atoms with Crippen LogP contribution in [0.3, 0.4) is 0 Å². The van der Waals surface area contributed by atoms with Crippen molar-refractivity contribution in [2.45, 2.75) is 25.4 Å². The van der Waals surface area contributed by atoms with Crippen LogP contribution < -0.4 is 5.32 Å². The fourth-order valence-electron chi connectivity index (χ4n) is 2.01. The number of methoxy groups -OCH3 is 1. The number of thiazole rings is 1. The maximum absolute atomic E-state index is 11.1. The number of ether oxygens (including phenoxy) is 1. The monoisotopic (exact) mass is 256 g/mol. The summed E-state index contributed by atoms with van der Waals surface area (Å²) in [6, 6.07) is 0. The normalized spacial score (nSPS) is 20.4. The van der Waals surface area contributed by atoms with E-state index in [0.717, 1.165) is 30.9 Å². The number of carboxylic acid groups (broad SMARTS) is 1. The van der Waals surface area contributed by atoms with E-state index in [2.05, 4.69) is 10.3 Å². The molecule has 94 valence electrons. The van der Waals surface area contributed by atoms with Gasteiger partial charge in [-0.3, -0.25) is 0 Å². The van der Waals surface area contributed by atoms with E-state index in [9.17, 15) is 4.79 Å². The van der Waals surface area contributed by atoms with Crippen molar-refractivity contribution in [3.8, 4) is 0 Å². The third-order valence-electron chi connectivity index (χ3n) is 2.84. The number of nitrogens with one attached hydrogen (secondary N) is 1. The van der Waals surface area contributed by atoms with Crippen molar-refractivity contribution in [2.24, 2.45) is 0 Å². The fourth-order valence-corrected chi connectivity index (χ4v) is 3.05. The molecule has 17 heavy (non-hydrogen) atoms. The van der Waals surface area contributed by atoms with E-state index in [1.54, 1.807) is 7.11 Å². The fraction of sp³-hybridized carbons (Fsp3) is 0.636. The minimum atomic E-state index is -0.912. The van der Waals surface area contributed by atoms with Gasteiger partial charge in [0.25, 0.3) is 0 Å². The highest BCUT2D eigenvalue weighted by molar-refractivity contribution is 7.13. The second-order valence-electron chi connectivity index (χ2n) is 4.11. The van der Waals surface area contributed by atoms with Gasteiger partial charge in [0.2, 0.25) is 0 Å². The molecule has 0 saturated carbocycles. The van der Waals surface area contributed by atoms with Crippen LogP contribution >= 0.6 is 11.3 Å². The quantitative estimate of drug-likeness (QED) is 0.853. The molecule has 1 aromatic rings. The van der Waals surface area contributed by atoms with Crippen LogP contribution in [0.1, 0.15) is 39.1 Å². The van der Waals surface area contributed by atoms with Gasteiger partial charge in [-0.05, 0) is 19.4 Å². The molecule has 1 unspecified atom stereocenters. The van der Waals surface area contributed by atoms with Gasteiger partial charge in [0.05, 0.1) is 17.3 Å². The molecular weight excluding hydrogens is 240 g/mol. The molecule has 1 atom stereocenters. The molecular formula is C11H16N2O3S. The van der Waals surface area contributed by atoms with E-state index in [0.29, 0.717) is 16.5 Å². The lowest BCUT2D eigenvalue weighted by atomic mass is 10.0. The van der Waals surface area contributed by atoms with E-state index in [-0.39, 0.29) is 6.61 Å². The molecule has 1 saturated heterocycles. The molecule has 0 amide bonds. The Labute approximate surface area is 104 Å². The number of aromatic nitrogens is 1. The van der Waals surface area contributed by atoms with E-state index < -0.39 is 5.97 Å². The lowest BCUT2D eigenvalue weighted by Gasteiger charge is -2.20. The van der Waals surface area contributed by atoms with Gasteiger partial charge in [-0.2, -0.15) is 0 Å². The summed E-state index contributed by atoms with van der Waals surface area (Å²) >= 11 is 1.28. The van der Waals surface area contributed by atoms with Crippen LogP contribution in [-0.2, 0) is 11.3 Å². The Balaban J connectivity index is 2.22. The molecule has 0 aliphatic carbocycles. The van der Waals surface area contributed by atoms with Gasteiger partial charge in [0.1, 0.15) is 4.88 Å². The molecule has 1 aliphatic rings. The number of hydrogen-bond acceptors (Lipinski definition) is 5. The summed E-state index contributed by atoms with van der Waals surface area (Å²) in [5.41, 5.74) is 0.547. The average Bonchev–Trinajstić information content (AvgIpc) is 2.75. The molecule has 0 radical (unpaired) electrons. The van der Waals surface area contributed by atoms with Crippen LogP contribution in [-0.4, -0.2) is 36.3 Å². The first kappa shape index (κ1) is 12.5. The minimum Gasteiger partial charge on any atom is -0.477 e. The van der Waals surface area contributed by atoms with Crippen molar-refractivity contribution in [1.29, 1.82) is 0 Å². The molecule has 1 aliphatic heterocycles. The van der Waals surface area contributed by atoms with Crippen LogP contribution in [0.4, 0.5) is 0 Å². The summed E-state index contributed by atoms with van der Waals surface area (Å²) in [4.78, 5) is 15.8. The Hall–Kier alpha value is -0.980. The van der Waals surface area contributed by atoms with E-state index in [1.165, 1.54) is 11.3 Å². The Morgan fingerprint density at radius 2 is 2.53 bits per heavy atom. The third-order valence-corrected chi connectivity index (χ3v) is 4.08. The Bertz CT molecular complexity index is 399. The second-order valence-corrected chi connectivity index (χ2v) is 5.14. The van der Waals surface area contributed by atoms with Gasteiger partial charge in [-0.25, -0.2) is 9.78 Å². The van der Waals surface area contributed by atoms with Crippen LogP contribution in [0.5, 0.6) is 0 Å². The zero-order valence-corrected chi connectivity index (χ0v) is 10.5. The van der Waals surface area contributed by atoms with Gasteiger partial charge < -0.3 is 15.2 Å². The summed E-state index contributed by atoms with van der Waals surface area (Å²) in [7, 11) is 1.55. The number of piperidine rings is 1. The van der Waals surface area contributed by atoms with Crippen molar-refractivity contribution >= 4 is 17.3 Å². The number of carbonyl (C=O) groups is 1. The molecule has 2 rings (SSSR count). The first-order chi connectivity index (χ1) is 8.22. The number of nitrogens with zero attached hydrogens (tertiary/aromatic N) is 1. The zero-order valence-electron chi connectivity index (χ0n) is 9.73. The highest BCUT2D eigenvalue weighted by Gasteiger charge is 2.23. The number of carboxylic acids is 1. The largest absolute Gasteiger partial charge is 0.477 e. The number of aromatic carboxylic acids is 1. The third kappa shape index (κ3) is 2.83. The average molecular weight is 256 g/mol. The summed E-state index contributed by atoms with van der Waals surface area (Å²) < 4.78 is 4.98. The lowest BCUT2D eigenvalue weighted by molar-refractivity contribution is 0.0697. The van der Waals surface area contributed by atoms with E-state index >= 15 is 0 Å². The topological polar surface area (TPSA) is 71.5 Å². The van der Waals surface area contributed by atoms with Crippen LogP contribution in [0, 0.1) is 0 Å². The highest BCUT2D eigenvalue weighted by atomic mass is 32.1. The number of rotatable bonds is 4. The molecule has 0 spiro atoms. The Kier molecular flexibility index (Phi) is 4.09. The molecule has 5 nitrogen and oxygen atoms in total. The van der Waals surface area contributed by atoms with Crippen molar-refractivity contribution in [2.75, 3.05) is 20.2 Å². The van der Waals surface area contributed by atoms with Gasteiger partial charge in [-0.15, -0.1) is 11.3 Å². The van der Waals surface area contributed by atoms with Crippen LogP contribution in [0.2, 0.25) is 0 Å². The predicted octanol–water partition coefficient (Wildman–Crippen LogP) is 1.45. The van der Waals surface area contributed by atoms with E-state index in [4.69, 9.17) is 9.84 Å². The molecule has 2 heterocycles. The first-order valence-corrected chi connectivity index (χ1v) is 6.46. The molecule has 1 aromatic heterocycles. The summed E-state index contributed by atoms with van der Waals surface area (Å²) in [6.07, 6.45) is 2.19. The van der Waals surface area contributed by atoms with Crippen LogP contribution in [0.25, 0.3) is 0 Å². The molecule has 2 N–H and O–H groups in total. The Morgan fingerprint density at radius 1 is 1.71 bits per heavy atom. The summed E-state index contributed by atoms with van der Waals surface area (Å²) in [6.45, 7) is 2.19. The van der Waals surface area contributed by atoms with Crippen molar-refractivity contribution in [3.63, 3.8) is 0 Å². The lowest BCUT2D eigenvalue weighted by Crippen LogP contribution is -2.28.